The molecule has 0 radical (unpaired) electrons. The van der Waals surface area contributed by atoms with E-state index >= 15 is 0 Å². The summed E-state index contributed by atoms with van der Waals surface area (Å²) >= 11 is 0. The summed E-state index contributed by atoms with van der Waals surface area (Å²) in [6, 6.07) is 104. The highest BCUT2D eigenvalue weighted by Gasteiger charge is 2.71. The first-order valence-electron chi connectivity index (χ1n) is 31.7. The molecule has 2 heterocycles. The van der Waals surface area contributed by atoms with Gasteiger partial charge in [0.25, 0.3) is 0 Å². The van der Waals surface area contributed by atoms with Crippen molar-refractivity contribution in [3.63, 3.8) is 0 Å². The smallest absolute Gasteiger partial charge is 0.159 e. The van der Waals surface area contributed by atoms with Crippen LogP contribution in [0.3, 0.4) is 0 Å². The second kappa shape index (κ2) is 18.9. The van der Waals surface area contributed by atoms with E-state index in [2.05, 4.69) is 330 Å². The second-order valence-electron chi connectivity index (χ2n) is 27.0. The van der Waals surface area contributed by atoms with Crippen LogP contribution in [0.2, 0.25) is 0 Å². The Hall–Kier alpha value is -10.7. The first-order valence-corrected chi connectivity index (χ1v) is 31.7. The van der Waals surface area contributed by atoms with Crippen molar-refractivity contribution in [3.05, 3.63) is 301 Å². The predicted octanol–water partition coefficient (Wildman–Crippen LogP) is 24.4. The summed E-state index contributed by atoms with van der Waals surface area (Å²) in [6.45, 7) is 15.2. The van der Waals surface area contributed by atoms with Gasteiger partial charge in [0.05, 0.1) is 34.1 Å². The topological polar surface area (TPSA) is 32.8 Å². The Morgan fingerprint density at radius 2 is 0.567 bits per heavy atom. The van der Waals surface area contributed by atoms with E-state index in [1.54, 1.807) is 0 Å². The molecule has 90 heavy (non-hydrogen) atoms. The summed E-state index contributed by atoms with van der Waals surface area (Å²) in [5, 5.41) is 13.7. The number of nitrogens with zero attached hydrogens (tertiary/aromatic N) is 2. The normalized spacial score (nSPS) is 16.2. The van der Waals surface area contributed by atoms with E-state index in [9.17, 15) is 0 Å². The summed E-state index contributed by atoms with van der Waals surface area (Å²) in [5.74, 6) is 0. The second-order valence-corrected chi connectivity index (χ2v) is 27.0. The molecule has 2 aliphatic rings. The molecule has 2 aliphatic carbocycles. The zero-order valence-corrected chi connectivity index (χ0v) is 51.3. The summed E-state index contributed by atoms with van der Waals surface area (Å²) in [6.07, 6.45) is 0. The monoisotopic (exact) mass is 1160 g/mol. The Labute approximate surface area is 523 Å². The van der Waals surface area contributed by atoms with Gasteiger partial charge >= 0.3 is 0 Å². The number of fused-ring (bicyclic) bond motifs is 18. The largest absolute Gasteiger partial charge is 0.454 e. The average Bonchev–Trinajstić information content (AvgIpc) is 1.45. The van der Waals surface area contributed by atoms with Gasteiger partial charge in [0.15, 0.2) is 11.2 Å². The van der Waals surface area contributed by atoms with Crippen LogP contribution in [0.25, 0.3) is 109 Å². The fraction of sp³-hybridized carbons (Fsp3) is 0.116. The summed E-state index contributed by atoms with van der Waals surface area (Å²) in [4.78, 5) is 5.08. The molecule has 0 bridgehead atoms. The van der Waals surface area contributed by atoms with E-state index in [-0.39, 0.29) is 0 Å². The molecule has 0 spiro atoms. The lowest BCUT2D eigenvalue weighted by atomic mass is 9.39. The van der Waals surface area contributed by atoms with E-state index in [0.717, 1.165) is 99.5 Å². The lowest BCUT2D eigenvalue weighted by Gasteiger charge is -2.62. The van der Waals surface area contributed by atoms with Crippen LogP contribution in [0.5, 0.6) is 0 Å². The third kappa shape index (κ3) is 6.85. The van der Waals surface area contributed by atoms with Crippen molar-refractivity contribution in [2.75, 3.05) is 9.80 Å². The fourth-order valence-corrected chi connectivity index (χ4v) is 17.6. The van der Waals surface area contributed by atoms with Crippen molar-refractivity contribution in [3.8, 4) is 22.3 Å². The maximum absolute atomic E-state index is 7.13. The van der Waals surface area contributed by atoms with Crippen LogP contribution in [-0.2, 0) is 10.8 Å². The maximum Gasteiger partial charge on any atom is 0.159 e. The Morgan fingerprint density at radius 1 is 0.256 bits per heavy atom. The third-order valence-corrected chi connectivity index (χ3v) is 20.6. The third-order valence-electron chi connectivity index (χ3n) is 20.6. The highest BCUT2D eigenvalue weighted by atomic mass is 16.3. The minimum absolute atomic E-state index is 0.486. The van der Waals surface area contributed by atoms with Gasteiger partial charge in [-0.3, -0.25) is 0 Å². The molecule has 2 aromatic heterocycles. The number of para-hydroxylation sites is 4. The molecular weight excluding hydrogens is 1090 g/mol. The van der Waals surface area contributed by atoms with Crippen LogP contribution < -0.4 is 9.80 Å². The van der Waals surface area contributed by atoms with Crippen molar-refractivity contribution in [1.29, 1.82) is 0 Å². The first-order chi connectivity index (χ1) is 44.0. The van der Waals surface area contributed by atoms with Crippen LogP contribution in [0, 0.1) is 10.8 Å². The van der Waals surface area contributed by atoms with E-state index < -0.39 is 21.7 Å². The number of hydrogen-bond acceptors (Lipinski definition) is 4. The SMILES string of the molecule is CC(C)(C)C1(C2(C(C)(C)C)c3ccccc3-c3c2cc(N(c2cccc4ccccc24)c2cccc4c2oc2ccccc24)c2ccccc32)c2ccccc2-c2c1cc(N(c1cccc3ccccc13)c1cccc3c1oc1ccccc13)c1ccccc21. The highest BCUT2D eigenvalue weighted by Crippen LogP contribution is 2.76. The standard InChI is InChI=1S/C86H64N2O2/c1-83(2,3)85(67-43-19-15-39-65(67)79-61-37-13-11-33-57(61)75(51-69(79)85)87(71-45-23-29-53-27-7-9-31-55(53)71)73-47-25-41-63-59-35-17-21-49-77(59)89-81(63)73)86(84(4,5)6)68-44-20-16-40-66(68)80-62-38-14-12-34-58(62)76(52-70(80)86)88(72-46-24-30-54-28-8-10-32-56(54)72)74-48-26-42-64-60-36-18-22-50-78(60)90-82(64)74/h7-52H,1-6H3. The van der Waals surface area contributed by atoms with Crippen molar-refractivity contribution < 1.29 is 8.83 Å². The van der Waals surface area contributed by atoms with E-state index in [4.69, 9.17) is 8.83 Å². The van der Waals surface area contributed by atoms with Gasteiger partial charge in [-0.2, -0.15) is 0 Å². The molecule has 2 unspecified atom stereocenters. The lowest BCUT2D eigenvalue weighted by molar-refractivity contribution is 0.0595. The maximum atomic E-state index is 7.13. The molecule has 0 aliphatic heterocycles. The lowest BCUT2D eigenvalue weighted by Crippen LogP contribution is -2.62. The average molecular weight is 1160 g/mol. The van der Waals surface area contributed by atoms with Crippen LogP contribution in [0.4, 0.5) is 34.1 Å². The quantitative estimate of drug-likeness (QED) is 0.159. The molecule has 0 saturated heterocycles. The van der Waals surface area contributed by atoms with E-state index in [1.807, 2.05) is 0 Å². The van der Waals surface area contributed by atoms with Crippen molar-refractivity contribution in [2.24, 2.45) is 10.8 Å². The number of anilines is 6. The molecule has 0 amide bonds. The Bertz CT molecular complexity index is 5330. The predicted molar refractivity (Wildman–Crippen MR) is 378 cm³/mol. The van der Waals surface area contributed by atoms with Gasteiger partial charge in [0.1, 0.15) is 11.2 Å². The molecule has 2 atom stereocenters. The molecule has 18 rings (SSSR count). The Balaban J connectivity index is 1.02. The zero-order chi connectivity index (χ0) is 60.4. The molecular formula is C86H64N2O2. The summed E-state index contributed by atoms with van der Waals surface area (Å²) < 4.78 is 14.3. The minimum Gasteiger partial charge on any atom is -0.454 e. The number of furan rings is 2. The van der Waals surface area contributed by atoms with Gasteiger partial charge in [-0.05, 0) is 125 Å². The molecule has 14 aromatic carbocycles. The van der Waals surface area contributed by atoms with Gasteiger partial charge in [-0.1, -0.05) is 272 Å². The molecule has 0 fully saturated rings. The van der Waals surface area contributed by atoms with Crippen LogP contribution >= 0.6 is 0 Å². The highest BCUT2D eigenvalue weighted by molar-refractivity contribution is 6.19. The van der Waals surface area contributed by atoms with Gasteiger partial charge < -0.3 is 18.6 Å². The first kappa shape index (κ1) is 52.4. The van der Waals surface area contributed by atoms with E-state index in [1.165, 1.54) is 66.1 Å². The number of benzene rings is 14. The van der Waals surface area contributed by atoms with Gasteiger partial charge in [-0.15, -0.1) is 0 Å². The van der Waals surface area contributed by atoms with Gasteiger partial charge in [0, 0.05) is 53.9 Å². The summed E-state index contributed by atoms with van der Waals surface area (Å²) in [7, 11) is 0. The summed E-state index contributed by atoms with van der Waals surface area (Å²) in [5.41, 5.74) is 17.5. The molecule has 430 valence electrons. The van der Waals surface area contributed by atoms with Crippen LogP contribution in [0.1, 0.15) is 63.8 Å². The number of rotatable bonds is 7. The molecule has 0 N–H and O–H groups in total. The van der Waals surface area contributed by atoms with E-state index in [0.29, 0.717) is 0 Å². The Kier molecular flexibility index (Phi) is 11.0. The molecule has 16 aromatic rings. The van der Waals surface area contributed by atoms with Crippen LogP contribution in [-0.4, -0.2) is 0 Å². The van der Waals surface area contributed by atoms with Crippen molar-refractivity contribution in [1.82, 2.24) is 0 Å². The fourth-order valence-electron chi connectivity index (χ4n) is 17.6. The van der Waals surface area contributed by atoms with Crippen molar-refractivity contribution in [2.45, 2.75) is 52.4 Å². The Morgan fingerprint density at radius 3 is 0.989 bits per heavy atom. The molecule has 4 nitrogen and oxygen atoms in total. The van der Waals surface area contributed by atoms with Gasteiger partial charge in [0.2, 0.25) is 0 Å². The van der Waals surface area contributed by atoms with Crippen LogP contribution in [0.15, 0.2) is 288 Å². The minimum atomic E-state index is -0.789. The molecule has 0 saturated carbocycles. The zero-order valence-electron chi connectivity index (χ0n) is 51.3. The molecule has 4 heteroatoms. The van der Waals surface area contributed by atoms with Crippen molar-refractivity contribution >= 4 is 121 Å². The number of hydrogen-bond donors (Lipinski definition) is 0. The van der Waals surface area contributed by atoms with Gasteiger partial charge in [-0.25, -0.2) is 0 Å².